The zero-order valence-corrected chi connectivity index (χ0v) is 11.6. The zero-order chi connectivity index (χ0) is 12.8. The number of carbonyl (C=O) groups is 1. The lowest BCUT2D eigenvalue weighted by atomic mass is 10.2. The molecule has 0 aromatic carbocycles. The number of carbonyl (C=O) groups excluding carboxylic acids is 1. The van der Waals surface area contributed by atoms with Crippen LogP contribution in [-0.2, 0) is 6.54 Å². The Kier molecular flexibility index (Phi) is 5.23. The van der Waals surface area contributed by atoms with E-state index in [1.54, 1.807) is 13.0 Å². The number of hydrogen-bond acceptors (Lipinski definition) is 2. The van der Waals surface area contributed by atoms with Gasteiger partial charge in [0.05, 0.1) is 12.0 Å². The second kappa shape index (κ2) is 6.45. The van der Waals surface area contributed by atoms with Gasteiger partial charge in [0, 0.05) is 23.8 Å². The first-order valence-corrected chi connectivity index (χ1v) is 6.41. The Morgan fingerprint density at radius 3 is 3.00 bits per heavy atom. The van der Waals surface area contributed by atoms with E-state index >= 15 is 0 Å². The summed E-state index contributed by atoms with van der Waals surface area (Å²) in [5.41, 5.74) is 0.629. The van der Waals surface area contributed by atoms with Gasteiger partial charge in [-0.1, -0.05) is 6.92 Å². The number of nitriles is 1. The summed E-state index contributed by atoms with van der Waals surface area (Å²) in [5.74, 6) is -0.303. The predicted molar refractivity (Wildman–Crippen MR) is 69.5 cm³/mol. The van der Waals surface area contributed by atoms with Crippen LogP contribution in [0.15, 0.2) is 16.7 Å². The Morgan fingerprint density at radius 1 is 1.71 bits per heavy atom. The van der Waals surface area contributed by atoms with Crippen molar-refractivity contribution in [2.75, 3.05) is 6.54 Å². The smallest absolute Gasteiger partial charge is 0.267 e. The van der Waals surface area contributed by atoms with E-state index in [1.165, 1.54) is 0 Å². The number of rotatable bonds is 5. The van der Waals surface area contributed by atoms with Crippen molar-refractivity contribution in [2.45, 2.75) is 26.8 Å². The third-order valence-electron chi connectivity index (χ3n) is 2.35. The fourth-order valence-electron chi connectivity index (χ4n) is 1.47. The zero-order valence-electron chi connectivity index (χ0n) is 10.0. The molecule has 92 valence electrons. The van der Waals surface area contributed by atoms with Gasteiger partial charge in [-0.2, -0.15) is 5.26 Å². The molecule has 0 radical (unpaired) electrons. The summed E-state index contributed by atoms with van der Waals surface area (Å²) in [7, 11) is 0. The van der Waals surface area contributed by atoms with Crippen LogP contribution in [0.5, 0.6) is 0 Å². The fraction of sp³-hybridized carbons (Fsp3) is 0.500. The molecule has 0 saturated carbocycles. The van der Waals surface area contributed by atoms with Gasteiger partial charge in [-0.15, -0.1) is 0 Å². The predicted octanol–water partition coefficient (Wildman–Crippen LogP) is 2.55. The molecule has 1 heterocycles. The monoisotopic (exact) mass is 297 g/mol. The molecular weight excluding hydrogens is 282 g/mol. The molecule has 0 saturated heterocycles. The SMILES string of the molecule is CCCn1cc(Br)cc1C(=O)NCC(C)C#N. The highest BCUT2D eigenvalue weighted by atomic mass is 79.9. The lowest BCUT2D eigenvalue weighted by molar-refractivity contribution is 0.0941. The maximum Gasteiger partial charge on any atom is 0.267 e. The first-order valence-electron chi connectivity index (χ1n) is 5.62. The lowest BCUT2D eigenvalue weighted by Gasteiger charge is -2.09. The lowest BCUT2D eigenvalue weighted by Crippen LogP contribution is -2.29. The van der Waals surface area contributed by atoms with E-state index in [0.717, 1.165) is 17.4 Å². The number of hydrogen-bond donors (Lipinski definition) is 1. The van der Waals surface area contributed by atoms with Gasteiger partial charge in [0.15, 0.2) is 0 Å². The third kappa shape index (κ3) is 3.90. The standard InChI is InChI=1S/C12H16BrN3O/c1-3-4-16-8-10(13)5-11(16)12(17)15-7-9(2)6-14/h5,8-9H,3-4,7H2,1-2H3,(H,15,17). The van der Waals surface area contributed by atoms with Crippen LogP contribution in [0, 0.1) is 17.2 Å². The van der Waals surface area contributed by atoms with E-state index in [9.17, 15) is 4.79 Å². The van der Waals surface area contributed by atoms with Gasteiger partial charge in [-0.05, 0) is 35.3 Å². The van der Waals surface area contributed by atoms with Crippen molar-refractivity contribution in [3.63, 3.8) is 0 Å². The number of nitrogens with one attached hydrogen (secondary N) is 1. The van der Waals surface area contributed by atoms with Crippen molar-refractivity contribution in [1.29, 1.82) is 5.26 Å². The molecule has 1 rings (SSSR count). The van der Waals surface area contributed by atoms with Crippen molar-refractivity contribution in [1.82, 2.24) is 9.88 Å². The van der Waals surface area contributed by atoms with Gasteiger partial charge in [-0.3, -0.25) is 4.79 Å². The largest absolute Gasteiger partial charge is 0.349 e. The van der Waals surface area contributed by atoms with Crippen LogP contribution >= 0.6 is 15.9 Å². The summed E-state index contributed by atoms with van der Waals surface area (Å²) in [6.45, 7) is 5.03. The third-order valence-corrected chi connectivity index (χ3v) is 2.78. The topological polar surface area (TPSA) is 57.8 Å². The van der Waals surface area contributed by atoms with Crippen LogP contribution in [0.1, 0.15) is 30.8 Å². The molecule has 0 bridgehead atoms. The van der Waals surface area contributed by atoms with Crippen molar-refractivity contribution in [2.24, 2.45) is 5.92 Å². The maximum absolute atomic E-state index is 11.9. The summed E-state index contributed by atoms with van der Waals surface area (Å²) in [6, 6.07) is 3.88. The van der Waals surface area contributed by atoms with Gasteiger partial charge in [-0.25, -0.2) is 0 Å². The van der Waals surface area contributed by atoms with Gasteiger partial charge < -0.3 is 9.88 Å². The van der Waals surface area contributed by atoms with E-state index in [4.69, 9.17) is 5.26 Å². The normalized spacial score (nSPS) is 11.9. The van der Waals surface area contributed by atoms with Crippen LogP contribution in [-0.4, -0.2) is 17.0 Å². The number of nitrogens with zero attached hydrogens (tertiary/aromatic N) is 2. The van der Waals surface area contributed by atoms with Gasteiger partial charge in [0.2, 0.25) is 0 Å². The molecule has 1 atom stereocenters. The molecule has 0 aliphatic rings. The highest BCUT2D eigenvalue weighted by Crippen LogP contribution is 2.15. The summed E-state index contributed by atoms with van der Waals surface area (Å²) in [4.78, 5) is 11.9. The molecule has 1 unspecified atom stereocenters. The fourth-order valence-corrected chi connectivity index (χ4v) is 1.94. The van der Waals surface area contributed by atoms with Gasteiger partial charge >= 0.3 is 0 Å². The summed E-state index contributed by atoms with van der Waals surface area (Å²) in [6.07, 6.45) is 2.86. The molecule has 1 aromatic heterocycles. The second-order valence-corrected chi connectivity index (χ2v) is 4.89. The van der Waals surface area contributed by atoms with Crippen LogP contribution in [0.4, 0.5) is 0 Å². The maximum atomic E-state index is 11.9. The number of amides is 1. The minimum absolute atomic E-state index is 0.133. The van der Waals surface area contributed by atoms with Crippen LogP contribution < -0.4 is 5.32 Å². The van der Waals surface area contributed by atoms with E-state index in [-0.39, 0.29) is 11.8 Å². The Bertz CT molecular complexity index is 433. The van der Waals surface area contributed by atoms with E-state index in [2.05, 4.69) is 34.2 Å². The number of aromatic nitrogens is 1. The van der Waals surface area contributed by atoms with Crippen molar-refractivity contribution in [3.05, 3.63) is 22.4 Å². The summed E-state index contributed by atoms with van der Waals surface area (Å²) in [5, 5.41) is 11.4. The average molecular weight is 298 g/mol. The second-order valence-electron chi connectivity index (χ2n) is 3.98. The van der Waals surface area contributed by atoms with Crippen molar-refractivity contribution in [3.8, 4) is 6.07 Å². The Labute approximate surface area is 110 Å². The molecule has 0 fully saturated rings. The molecule has 17 heavy (non-hydrogen) atoms. The molecule has 0 aliphatic heterocycles. The van der Waals surface area contributed by atoms with Crippen molar-refractivity contribution < 1.29 is 4.79 Å². The van der Waals surface area contributed by atoms with E-state index < -0.39 is 0 Å². The molecule has 5 heteroatoms. The Hall–Kier alpha value is -1.28. The first kappa shape index (κ1) is 13.8. The average Bonchev–Trinajstić information content (AvgIpc) is 2.67. The summed E-state index contributed by atoms with van der Waals surface area (Å²) < 4.78 is 2.81. The molecule has 1 N–H and O–H groups in total. The number of halogens is 1. The molecule has 1 aromatic rings. The molecule has 0 aliphatic carbocycles. The minimum Gasteiger partial charge on any atom is -0.349 e. The van der Waals surface area contributed by atoms with Crippen LogP contribution in [0.2, 0.25) is 0 Å². The molecule has 0 spiro atoms. The number of aryl methyl sites for hydroxylation is 1. The van der Waals surface area contributed by atoms with Gasteiger partial charge in [0.25, 0.3) is 5.91 Å². The minimum atomic E-state index is -0.169. The van der Waals surface area contributed by atoms with E-state index in [0.29, 0.717) is 12.2 Å². The molecular formula is C12H16BrN3O. The van der Waals surface area contributed by atoms with Crippen molar-refractivity contribution >= 4 is 21.8 Å². The molecule has 1 amide bonds. The quantitative estimate of drug-likeness (QED) is 0.908. The van der Waals surface area contributed by atoms with Crippen LogP contribution in [0.3, 0.4) is 0 Å². The van der Waals surface area contributed by atoms with Gasteiger partial charge in [0.1, 0.15) is 5.69 Å². The summed E-state index contributed by atoms with van der Waals surface area (Å²) >= 11 is 3.36. The molecule has 4 nitrogen and oxygen atoms in total. The Morgan fingerprint density at radius 2 is 2.41 bits per heavy atom. The first-order chi connectivity index (χ1) is 8.08. The Balaban J connectivity index is 2.71. The highest BCUT2D eigenvalue weighted by Gasteiger charge is 2.13. The highest BCUT2D eigenvalue weighted by molar-refractivity contribution is 9.10. The van der Waals surface area contributed by atoms with Crippen LogP contribution in [0.25, 0.3) is 0 Å². The van der Waals surface area contributed by atoms with E-state index in [1.807, 2.05) is 10.8 Å².